The van der Waals surface area contributed by atoms with Crippen LogP contribution < -0.4 is 0 Å². The maximum Gasteiger partial charge on any atom is 0.339 e. The largest absolute Gasteiger partial charge is 0.462 e. The Balaban J connectivity index is 5.60. The molecule has 0 aliphatic heterocycles. The van der Waals surface area contributed by atoms with Crippen molar-refractivity contribution in [2.75, 3.05) is 0 Å². The van der Waals surface area contributed by atoms with Crippen LogP contribution in [0.15, 0.2) is 0 Å². The maximum atomic E-state index is 13.1. The molecule has 0 spiro atoms. The van der Waals surface area contributed by atoms with E-state index in [1.165, 1.54) is 0 Å². The number of esters is 3. The first-order valence-corrected chi connectivity index (χ1v) is 13.1. The van der Waals surface area contributed by atoms with Gasteiger partial charge < -0.3 is 19.3 Å². The van der Waals surface area contributed by atoms with Gasteiger partial charge in [0.15, 0.2) is 5.60 Å². The lowest BCUT2D eigenvalue weighted by atomic mass is 9.94. The second-order valence-corrected chi connectivity index (χ2v) is 10.7. The molecule has 0 saturated heterocycles. The average molecular weight is 487 g/mol. The number of hydrogen-bond donors (Lipinski definition) is 1. The Bertz CT molecular complexity index is 578. The molecule has 0 rings (SSSR count). The van der Waals surface area contributed by atoms with E-state index in [0.717, 1.165) is 0 Å². The van der Waals surface area contributed by atoms with Gasteiger partial charge in [-0.15, -0.1) is 0 Å². The molecule has 34 heavy (non-hydrogen) atoms. The van der Waals surface area contributed by atoms with Gasteiger partial charge in [0.2, 0.25) is 0 Å². The van der Waals surface area contributed by atoms with Crippen molar-refractivity contribution in [1.29, 1.82) is 0 Å². The van der Waals surface area contributed by atoms with Crippen LogP contribution in [0, 0.1) is 17.8 Å². The average Bonchev–Trinajstić information content (AvgIpc) is 2.70. The first kappa shape index (κ1) is 32.4. The zero-order chi connectivity index (χ0) is 26.5. The Morgan fingerprint density at radius 2 is 0.912 bits per heavy atom. The van der Waals surface area contributed by atoms with Crippen molar-refractivity contribution < 1.29 is 33.7 Å². The van der Waals surface area contributed by atoms with Crippen molar-refractivity contribution in [2.45, 2.75) is 138 Å². The summed E-state index contributed by atoms with van der Waals surface area (Å²) in [4.78, 5) is 38.5. The summed E-state index contributed by atoms with van der Waals surface area (Å²) in [5.74, 6) is -1.52. The number of hydrogen-bond acceptors (Lipinski definition) is 7. The Morgan fingerprint density at radius 3 is 1.18 bits per heavy atom. The van der Waals surface area contributed by atoms with Crippen molar-refractivity contribution in [3.63, 3.8) is 0 Å². The first-order chi connectivity index (χ1) is 15.8. The molecule has 0 heterocycles. The summed E-state index contributed by atoms with van der Waals surface area (Å²) >= 11 is 0. The minimum atomic E-state index is -2.34. The molecular weight excluding hydrogens is 436 g/mol. The van der Waals surface area contributed by atoms with Crippen LogP contribution in [0.4, 0.5) is 0 Å². The van der Waals surface area contributed by atoms with E-state index >= 15 is 0 Å². The molecule has 3 atom stereocenters. The van der Waals surface area contributed by atoms with Crippen molar-refractivity contribution in [2.24, 2.45) is 17.8 Å². The van der Waals surface area contributed by atoms with Gasteiger partial charge in [0.05, 0.1) is 12.8 Å². The van der Waals surface area contributed by atoms with Gasteiger partial charge in [-0.3, -0.25) is 9.59 Å². The quantitative estimate of drug-likeness (QED) is 0.211. The van der Waals surface area contributed by atoms with Crippen LogP contribution in [0.25, 0.3) is 0 Å². The van der Waals surface area contributed by atoms with Gasteiger partial charge in [0.25, 0.3) is 0 Å². The molecule has 0 radical (unpaired) electrons. The number of rotatable bonds is 17. The third-order valence-electron chi connectivity index (χ3n) is 5.69. The van der Waals surface area contributed by atoms with Crippen LogP contribution in [0.1, 0.15) is 114 Å². The molecule has 0 amide bonds. The van der Waals surface area contributed by atoms with Gasteiger partial charge in [-0.1, -0.05) is 62.3 Å². The van der Waals surface area contributed by atoms with Crippen LogP contribution >= 0.6 is 0 Å². The van der Waals surface area contributed by atoms with E-state index in [9.17, 15) is 19.5 Å². The Labute approximate surface area is 207 Å². The molecule has 1 N–H and O–H groups in total. The molecule has 200 valence electrons. The first-order valence-electron chi connectivity index (χ1n) is 13.1. The van der Waals surface area contributed by atoms with Gasteiger partial charge in [0, 0.05) is 0 Å². The van der Waals surface area contributed by atoms with Crippen LogP contribution in [-0.4, -0.2) is 46.9 Å². The fourth-order valence-electron chi connectivity index (χ4n) is 3.87. The van der Waals surface area contributed by atoms with Gasteiger partial charge >= 0.3 is 17.9 Å². The SMILES string of the molecule is CCC(CC(C)C)OC(=O)CC(O)(CC(=O)OC(CC)CC(C)C)C(=O)OC(CC)CC(C)C. The van der Waals surface area contributed by atoms with Crippen LogP contribution in [0.2, 0.25) is 0 Å². The number of ether oxygens (including phenoxy) is 3. The highest BCUT2D eigenvalue weighted by atomic mass is 16.6. The highest BCUT2D eigenvalue weighted by Gasteiger charge is 2.45. The van der Waals surface area contributed by atoms with E-state index < -0.39 is 42.5 Å². The summed E-state index contributed by atoms with van der Waals surface area (Å²) in [5.41, 5.74) is -2.34. The van der Waals surface area contributed by atoms with E-state index in [-0.39, 0.29) is 18.1 Å². The predicted octanol–water partition coefficient (Wildman–Crippen LogP) is 5.60. The minimum Gasteiger partial charge on any atom is -0.462 e. The molecule has 0 aliphatic rings. The van der Waals surface area contributed by atoms with Crippen LogP contribution in [-0.2, 0) is 28.6 Å². The zero-order valence-electron chi connectivity index (χ0n) is 23.0. The summed E-state index contributed by atoms with van der Waals surface area (Å²) < 4.78 is 16.6. The predicted molar refractivity (Wildman–Crippen MR) is 133 cm³/mol. The van der Waals surface area contributed by atoms with Crippen molar-refractivity contribution in [1.82, 2.24) is 0 Å². The molecule has 0 fully saturated rings. The molecule has 0 aromatic heterocycles. The number of carbonyl (C=O) groups excluding carboxylic acids is 3. The smallest absolute Gasteiger partial charge is 0.339 e. The molecule has 0 bridgehead atoms. The summed E-state index contributed by atoms with van der Waals surface area (Å²) in [6, 6.07) is 0. The number of carbonyl (C=O) groups is 3. The highest BCUT2D eigenvalue weighted by Crippen LogP contribution is 2.25. The highest BCUT2D eigenvalue weighted by molar-refractivity contribution is 5.90. The lowest BCUT2D eigenvalue weighted by Crippen LogP contribution is -2.46. The Morgan fingerprint density at radius 1 is 0.618 bits per heavy atom. The lowest BCUT2D eigenvalue weighted by Gasteiger charge is -2.29. The van der Waals surface area contributed by atoms with Crippen LogP contribution in [0.3, 0.4) is 0 Å². The maximum absolute atomic E-state index is 13.1. The van der Waals surface area contributed by atoms with E-state index in [2.05, 4.69) is 0 Å². The van der Waals surface area contributed by atoms with Crippen molar-refractivity contribution in [3.05, 3.63) is 0 Å². The number of aliphatic hydroxyl groups is 1. The lowest BCUT2D eigenvalue weighted by molar-refractivity contribution is -0.184. The molecule has 3 unspecified atom stereocenters. The third-order valence-corrected chi connectivity index (χ3v) is 5.69. The molecule has 7 nitrogen and oxygen atoms in total. The van der Waals surface area contributed by atoms with Gasteiger partial charge in [0.1, 0.15) is 18.3 Å². The normalized spacial score (nSPS) is 16.1. The van der Waals surface area contributed by atoms with Crippen LogP contribution in [0.5, 0.6) is 0 Å². The molecule has 0 saturated carbocycles. The zero-order valence-corrected chi connectivity index (χ0v) is 23.0. The van der Waals surface area contributed by atoms with E-state index in [1.54, 1.807) is 0 Å². The van der Waals surface area contributed by atoms with E-state index in [4.69, 9.17) is 14.2 Å². The summed E-state index contributed by atoms with van der Waals surface area (Å²) in [7, 11) is 0. The fraction of sp³-hybridized carbons (Fsp3) is 0.889. The van der Waals surface area contributed by atoms with E-state index in [0.29, 0.717) is 50.4 Å². The second kappa shape index (κ2) is 16.1. The standard InChI is InChI=1S/C27H50O7/c1-10-21(13-18(4)5)32-24(28)16-27(31,26(30)34-23(12-3)15-20(8)9)17-25(29)33-22(11-2)14-19(6)7/h18-23,31H,10-17H2,1-9H3. The molecule has 7 heteroatoms. The monoisotopic (exact) mass is 486 g/mol. The third kappa shape index (κ3) is 13.3. The van der Waals surface area contributed by atoms with Crippen molar-refractivity contribution in [3.8, 4) is 0 Å². The summed E-state index contributed by atoms with van der Waals surface area (Å²) in [6.07, 6.45) is 1.39. The molecular formula is C27H50O7. The second-order valence-electron chi connectivity index (χ2n) is 10.7. The fourth-order valence-corrected chi connectivity index (χ4v) is 3.87. The van der Waals surface area contributed by atoms with Gasteiger partial charge in [-0.05, 0) is 56.3 Å². The molecule has 0 aromatic carbocycles. The Hall–Kier alpha value is -1.63. The summed E-state index contributed by atoms with van der Waals surface area (Å²) in [5, 5.41) is 11.3. The van der Waals surface area contributed by atoms with Gasteiger partial charge in [-0.25, -0.2) is 4.79 Å². The Kier molecular flexibility index (Phi) is 15.3. The summed E-state index contributed by atoms with van der Waals surface area (Å²) in [6.45, 7) is 17.8. The minimum absolute atomic E-state index is 0.281. The molecule has 0 aromatic rings. The van der Waals surface area contributed by atoms with Gasteiger partial charge in [-0.2, -0.15) is 0 Å². The van der Waals surface area contributed by atoms with E-state index in [1.807, 2.05) is 62.3 Å². The topological polar surface area (TPSA) is 99.1 Å². The van der Waals surface area contributed by atoms with Crippen molar-refractivity contribution >= 4 is 17.9 Å². The molecule has 0 aliphatic carbocycles.